The van der Waals surface area contributed by atoms with Crippen molar-refractivity contribution < 1.29 is 4.92 Å². The Hall–Kier alpha value is -0.860. The zero-order chi connectivity index (χ0) is 7.65. The average molecular weight is 129 g/mol. The molecule has 3 heteroatoms. The second-order valence-electron chi connectivity index (χ2n) is 2.95. The Bertz CT molecular complexity index is 144. The van der Waals surface area contributed by atoms with Crippen LogP contribution in [0.25, 0.3) is 0 Å². The van der Waals surface area contributed by atoms with E-state index in [9.17, 15) is 10.1 Å². The minimum atomic E-state index is -0.444. The van der Waals surface area contributed by atoms with Crippen LogP contribution < -0.4 is 0 Å². The van der Waals surface area contributed by atoms with E-state index < -0.39 is 10.3 Å². The molecule has 0 bridgehead atoms. The van der Waals surface area contributed by atoms with Gasteiger partial charge in [-0.1, -0.05) is 20.8 Å². The molecule has 0 aromatic rings. The maximum absolute atomic E-state index is 10.1. The highest BCUT2D eigenvalue weighted by Gasteiger charge is 2.24. The normalized spacial score (nSPS) is 11.0. The molecule has 0 aliphatic rings. The molecule has 0 rings (SSSR count). The summed E-state index contributed by atoms with van der Waals surface area (Å²) >= 11 is 0. The highest BCUT2D eigenvalue weighted by molar-refractivity contribution is 4.93. The van der Waals surface area contributed by atoms with Gasteiger partial charge in [0.1, 0.15) is 0 Å². The van der Waals surface area contributed by atoms with Crippen LogP contribution >= 0.6 is 0 Å². The minimum absolute atomic E-state index is 0.0579. The third-order valence-corrected chi connectivity index (χ3v) is 1.09. The Labute approximate surface area is 54.5 Å². The highest BCUT2D eigenvalue weighted by Crippen LogP contribution is 2.22. The predicted molar refractivity (Wildman–Crippen MR) is 35.6 cm³/mol. The standard InChI is InChI=1S/C6H11NO2/c1-5(7(8)9)6(2,3)4/h1H2,2-4H3. The maximum atomic E-state index is 10.1. The molecule has 0 heterocycles. The monoisotopic (exact) mass is 129 g/mol. The van der Waals surface area contributed by atoms with Crippen molar-refractivity contribution in [1.82, 2.24) is 0 Å². The van der Waals surface area contributed by atoms with Crippen LogP contribution in [-0.4, -0.2) is 4.92 Å². The van der Waals surface area contributed by atoms with E-state index in [1.165, 1.54) is 0 Å². The molecular weight excluding hydrogens is 118 g/mol. The smallest absolute Gasteiger partial charge is 0.244 e. The van der Waals surface area contributed by atoms with Crippen LogP contribution in [0.2, 0.25) is 0 Å². The number of allylic oxidation sites excluding steroid dienone is 1. The first-order valence-electron chi connectivity index (χ1n) is 2.69. The molecule has 0 saturated carbocycles. The zero-order valence-electron chi connectivity index (χ0n) is 5.97. The SMILES string of the molecule is C=C([N+](=O)[O-])C(C)(C)C. The summed E-state index contributed by atoms with van der Waals surface area (Å²) in [6.07, 6.45) is 0. The predicted octanol–water partition coefficient (Wildman–Crippen LogP) is 1.82. The Kier molecular flexibility index (Phi) is 1.96. The van der Waals surface area contributed by atoms with Gasteiger partial charge in [0.15, 0.2) is 0 Å². The van der Waals surface area contributed by atoms with Crippen molar-refractivity contribution in [3.8, 4) is 0 Å². The summed E-state index contributed by atoms with van der Waals surface area (Å²) in [5.41, 5.74) is -0.355. The first-order valence-corrected chi connectivity index (χ1v) is 2.69. The summed E-state index contributed by atoms with van der Waals surface area (Å²) in [7, 11) is 0. The van der Waals surface area contributed by atoms with Crippen molar-refractivity contribution in [3.05, 3.63) is 22.4 Å². The Balaban J connectivity index is 4.23. The molecule has 0 atom stereocenters. The number of rotatable bonds is 1. The van der Waals surface area contributed by atoms with Gasteiger partial charge in [0, 0.05) is 0 Å². The first kappa shape index (κ1) is 8.14. The van der Waals surface area contributed by atoms with E-state index in [1.807, 2.05) is 0 Å². The Morgan fingerprint density at radius 1 is 1.56 bits per heavy atom. The van der Waals surface area contributed by atoms with Gasteiger partial charge < -0.3 is 0 Å². The van der Waals surface area contributed by atoms with Gasteiger partial charge >= 0.3 is 0 Å². The van der Waals surface area contributed by atoms with Crippen LogP contribution in [0.3, 0.4) is 0 Å². The molecule has 0 saturated heterocycles. The molecule has 0 aliphatic heterocycles. The molecular formula is C6H11NO2. The molecule has 0 spiro atoms. The fourth-order valence-corrected chi connectivity index (χ4v) is 0.274. The number of nitro groups is 1. The third kappa shape index (κ3) is 2.26. The van der Waals surface area contributed by atoms with Crippen LogP contribution in [-0.2, 0) is 0 Å². The van der Waals surface area contributed by atoms with E-state index in [2.05, 4.69) is 6.58 Å². The van der Waals surface area contributed by atoms with E-state index in [0.29, 0.717) is 0 Å². The zero-order valence-corrected chi connectivity index (χ0v) is 5.97. The molecule has 0 aromatic carbocycles. The van der Waals surface area contributed by atoms with E-state index in [0.717, 1.165) is 0 Å². The van der Waals surface area contributed by atoms with Crippen LogP contribution in [0.5, 0.6) is 0 Å². The van der Waals surface area contributed by atoms with Crippen molar-refractivity contribution in [1.29, 1.82) is 0 Å². The van der Waals surface area contributed by atoms with Crippen LogP contribution in [0.4, 0.5) is 0 Å². The fourth-order valence-electron chi connectivity index (χ4n) is 0.274. The minimum Gasteiger partial charge on any atom is -0.259 e. The van der Waals surface area contributed by atoms with Gasteiger partial charge in [-0.3, -0.25) is 10.1 Å². The maximum Gasteiger partial charge on any atom is 0.244 e. The molecule has 0 radical (unpaired) electrons. The summed E-state index contributed by atoms with van der Waals surface area (Å²) in [5.74, 6) is 0. The Morgan fingerprint density at radius 3 is 1.89 bits per heavy atom. The second kappa shape index (κ2) is 2.17. The summed E-state index contributed by atoms with van der Waals surface area (Å²) in [5, 5.41) is 10.1. The average Bonchev–Trinajstić information content (AvgIpc) is 1.62. The van der Waals surface area contributed by atoms with Crippen LogP contribution in [0, 0.1) is 15.5 Å². The molecule has 52 valence electrons. The van der Waals surface area contributed by atoms with Gasteiger partial charge in [-0.15, -0.1) is 0 Å². The summed E-state index contributed by atoms with van der Waals surface area (Å²) in [6, 6.07) is 0. The lowest BCUT2D eigenvalue weighted by molar-refractivity contribution is -0.438. The van der Waals surface area contributed by atoms with Crippen molar-refractivity contribution >= 4 is 0 Å². The van der Waals surface area contributed by atoms with Gasteiger partial charge in [-0.25, -0.2) is 0 Å². The molecule has 0 N–H and O–H groups in total. The number of nitrogens with zero attached hydrogens (tertiary/aromatic N) is 1. The van der Waals surface area contributed by atoms with Gasteiger partial charge in [0.2, 0.25) is 5.70 Å². The summed E-state index contributed by atoms with van der Waals surface area (Å²) < 4.78 is 0. The van der Waals surface area contributed by atoms with Crippen molar-refractivity contribution in [2.75, 3.05) is 0 Å². The topological polar surface area (TPSA) is 43.1 Å². The van der Waals surface area contributed by atoms with E-state index in [4.69, 9.17) is 0 Å². The van der Waals surface area contributed by atoms with Gasteiger partial charge in [-0.2, -0.15) is 0 Å². The molecule has 9 heavy (non-hydrogen) atoms. The second-order valence-corrected chi connectivity index (χ2v) is 2.95. The van der Waals surface area contributed by atoms with Crippen molar-refractivity contribution in [2.24, 2.45) is 5.41 Å². The molecule has 0 aliphatic carbocycles. The largest absolute Gasteiger partial charge is 0.259 e. The quantitative estimate of drug-likeness (QED) is 0.400. The molecule has 0 fully saturated rings. The summed E-state index contributed by atoms with van der Waals surface area (Å²) in [4.78, 5) is 9.61. The van der Waals surface area contributed by atoms with Crippen molar-refractivity contribution in [3.63, 3.8) is 0 Å². The van der Waals surface area contributed by atoms with Crippen molar-refractivity contribution in [2.45, 2.75) is 20.8 Å². The van der Waals surface area contributed by atoms with E-state index in [-0.39, 0.29) is 5.70 Å². The van der Waals surface area contributed by atoms with E-state index in [1.54, 1.807) is 20.8 Å². The van der Waals surface area contributed by atoms with Gasteiger partial charge in [0.25, 0.3) is 0 Å². The number of hydrogen-bond acceptors (Lipinski definition) is 2. The molecule has 0 unspecified atom stereocenters. The molecule has 3 nitrogen and oxygen atoms in total. The lowest BCUT2D eigenvalue weighted by atomic mass is 9.93. The fraction of sp³-hybridized carbons (Fsp3) is 0.667. The first-order chi connectivity index (χ1) is 3.85. The third-order valence-electron chi connectivity index (χ3n) is 1.09. The van der Waals surface area contributed by atoms with Gasteiger partial charge in [0.05, 0.1) is 10.3 Å². The summed E-state index contributed by atoms with van der Waals surface area (Å²) in [6.45, 7) is 8.61. The lowest BCUT2D eigenvalue weighted by Crippen LogP contribution is -2.15. The lowest BCUT2D eigenvalue weighted by Gasteiger charge is -2.12. The highest BCUT2D eigenvalue weighted by atomic mass is 16.6. The van der Waals surface area contributed by atoms with Crippen LogP contribution in [0.1, 0.15) is 20.8 Å². The van der Waals surface area contributed by atoms with E-state index >= 15 is 0 Å². The molecule has 0 aromatic heterocycles. The number of hydrogen-bond donors (Lipinski definition) is 0. The molecule has 0 amide bonds. The Morgan fingerprint density at radius 2 is 1.89 bits per heavy atom. The van der Waals surface area contributed by atoms with Crippen LogP contribution in [0.15, 0.2) is 12.3 Å². The van der Waals surface area contributed by atoms with Gasteiger partial charge in [-0.05, 0) is 6.58 Å².